The number of benzene rings is 2. The number of halogens is 1. The number of carbonyl (C=O) groups is 4. The normalized spacial score (nSPS) is 15.4. The first-order valence-electron chi connectivity index (χ1n) is 9.91. The first kappa shape index (κ1) is 23.5. The van der Waals surface area contributed by atoms with Crippen molar-refractivity contribution in [1.29, 1.82) is 0 Å². The Kier molecular flexibility index (Phi) is 7.29. The van der Waals surface area contributed by atoms with E-state index >= 15 is 0 Å². The van der Waals surface area contributed by atoms with E-state index in [0.717, 1.165) is 15.6 Å². The van der Waals surface area contributed by atoms with E-state index in [1.54, 1.807) is 24.3 Å². The minimum Gasteiger partial charge on any atom is -0.465 e. The molecule has 0 aliphatic carbocycles. The van der Waals surface area contributed by atoms with E-state index in [0.29, 0.717) is 16.9 Å². The molecule has 1 aliphatic rings. The maximum atomic E-state index is 12.4. The summed E-state index contributed by atoms with van der Waals surface area (Å²) in [4.78, 5) is 50.0. The Hall–Kier alpha value is -3.20. The third-order valence-corrected chi connectivity index (χ3v) is 6.38. The fourth-order valence-corrected chi connectivity index (χ4v) is 3.71. The molecule has 0 radical (unpaired) electrons. The lowest BCUT2D eigenvalue weighted by Crippen LogP contribution is -2.28. The zero-order chi connectivity index (χ0) is 23.4. The molecule has 1 saturated heterocycles. The van der Waals surface area contributed by atoms with Gasteiger partial charge in [-0.15, -0.1) is 0 Å². The van der Waals surface area contributed by atoms with Crippen LogP contribution in [0.2, 0.25) is 0 Å². The van der Waals surface area contributed by atoms with E-state index in [1.807, 2.05) is 26.0 Å². The van der Waals surface area contributed by atoms with Crippen molar-refractivity contribution < 1.29 is 28.7 Å². The van der Waals surface area contributed by atoms with Gasteiger partial charge in [0.2, 0.25) is 5.91 Å². The number of methoxy groups -OCH3 is 1. The molecule has 0 bridgehead atoms. The van der Waals surface area contributed by atoms with Gasteiger partial charge in [0, 0.05) is 28.8 Å². The lowest BCUT2D eigenvalue weighted by molar-refractivity contribution is -0.151. The summed E-state index contributed by atoms with van der Waals surface area (Å²) in [7, 11) is 1.29. The number of anilines is 2. The van der Waals surface area contributed by atoms with Crippen LogP contribution in [0.15, 0.2) is 40.9 Å². The van der Waals surface area contributed by atoms with Crippen molar-refractivity contribution in [2.75, 3.05) is 30.5 Å². The largest absolute Gasteiger partial charge is 0.465 e. The average molecular weight is 503 g/mol. The van der Waals surface area contributed by atoms with Crippen LogP contribution in [0.5, 0.6) is 0 Å². The van der Waals surface area contributed by atoms with Crippen LogP contribution in [0.1, 0.15) is 27.9 Å². The molecule has 1 fully saturated rings. The van der Waals surface area contributed by atoms with E-state index < -0.39 is 30.4 Å². The zero-order valence-electron chi connectivity index (χ0n) is 17.9. The smallest absolute Gasteiger partial charge is 0.337 e. The number of nitrogens with one attached hydrogen (secondary N) is 1. The Morgan fingerprint density at radius 2 is 1.75 bits per heavy atom. The molecule has 2 amide bonds. The Morgan fingerprint density at radius 3 is 2.34 bits per heavy atom. The van der Waals surface area contributed by atoms with Gasteiger partial charge < -0.3 is 19.7 Å². The minimum absolute atomic E-state index is 0.00962. The summed E-state index contributed by atoms with van der Waals surface area (Å²) in [6.45, 7) is 3.53. The summed E-state index contributed by atoms with van der Waals surface area (Å²) in [6.07, 6.45) is -0.00962. The highest BCUT2D eigenvalue weighted by molar-refractivity contribution is 9.10. The predicted molar refractivity (Wildman–Crippen MR) is 121 cm³/mol. The zero-order valence-corrected chi connectivity index (χ0v) is 19.5. The summed E-state index contributed by atoms with van der Waals surface area (Å²) < 4.78 is 10.8. The monoisotopic (exact) mass is 502 g/mol. The van der Waals surface area contributed by atoms with E-state index in [-0.39, 0.29) is 18.9 Å². The SMILES string of the molecule is COC(=O)c1ccc(N2C[C@@H](C(=O)OCC(=O)Nc3cc(C)c(Br)c(C)c3)CC2=O)cc1. The van der Waals surface area contributed by atoms with E-state index in [2.05, 4.69) is 26.0 Å². The molecule has 1 heterocycles. The maximum Gasteiger partial charge on any atom is 0.337 e. The second-order valence-electron chi connectivity index (χ2n) is 7.52. The first-order valence-corrected chi connectivity index (χ1v) is 10.7. The predicted octanol–water partition coefficient (Wildman–Crippen LogP) is 3.39. The number of amides is 2. The molecule has 0 spiro atoms. The van der Waals surface area contributed by atoms with E-state index in [4.69, 9.17) is 4.74 Å². The Balaban J connectivity index is 1.54. The fourth-order valence-electron chi connectivity index (χ4n) is 3.48. The Morgan fingerprint density at radius 1 is 1.12 bits per heavy atom. The highest BCUT2D eigenvalue weighted by atomic mass is 79.9. The van der Waals surface area contributed by atoms with Gasteiger partial charge in [0.1, 0.15) is 0 Å². The molecule has 3 rings (SSSR count). The van der Waals surface area contributed by atoms with Crippen LogP contribution >= 0.6 is 15.9 Å². The van der Waals surface area contributed by atoms with Gasteiger partial charge in [0.15, 0.2) is 6.61 Å². The Bertz CT molecular complexity index is 1040. The van der Waals surface area contributed by atoms with Crippen molar-refractivity contribution in [2.45, 2.75) is 20.3 Å². The third-order valence-electron chi connectivity index (χ3n) is 5.12. The van der Waals surface area contributed by atoms with Gasteiger partial charge in [-0.2, -0.15) is 0 Å². The molecule has 168 valence electrons. The molecule has 32 heavy (non-hydrogen) atoms. The molecule has 0 unspecified atom stereocenters. The molecule has 8 nitrogen and oxygen atoms in total. The number of hydrogen-bond donors (Lipinski definition) is 1. The van der Waals surface area contributed by atoms with Crippen molar-refractivity contribution in [3.8, 4) is 0 Å². The molecule has 2 aromatic rings. The lowest BCUT2D eigenvalue weighted by Gasteiger charge is -2.17. The lowest BCUT2D eigenvalue weighted by atomic mass is 10.1. The standard InChI is InChI=1S/C23H23BrN2O6/c1-13-8-17(9-14(2)21(13)24)25-19(27)12-32-23(30)16-10-20(28)26(11-16)18-6-4-15(5-7-18)22(29)31-3/h4-9,16H,10-12H2,1-3H3,(H,25,27)/t16-/m0/s1. The molecule has 1 atom stereocenters. The number of hydrogen-bond acceptors (Lipinski definition) is 6. The van der Waals surface area contributed by atoms with Gasteiger partial charge in [-0.05, 0) is 61.4 Å². The second kappa shape index (κ2) is 9.95. The molecule has 1 aliphatic heterocycles. The fraction of sp³-hybridized carbons (Fsp3) is 0.304. The van der Waals surface area contributed by atoms with E-state index in [1.165, 1.54) is 12.0 Å². The van der Waals surface area contributed by atoms with Crippen molar-refractivity contribution in [3.05, 3.63) is 57.6 Å². The molecular weight excluding hydrogens is 480 g/mol. The van der Waals surface area contributed by atoms with Gasteiger partial charge in [-0.25, -0.2) is 4.79 Å². The number of aryl methyl sites for hydroxylation is 2. The van der Waals surface area contributed by atoms with Gasteiger partial charge in [0.25, 0.3) is 5.91 Å². The molecule has 0 saturated carbocycles. The van der Waals surface area contributed by atoms with Gasteiger partial charge in [0.05, 0.1) is 18.6 Å². The maximum absolute atomic E-state index is 12.4. The van der Waals surface area contributed by atoms with Crippen molar-refractivity contribution >= 4 is 51.1 Å². The summed E-state index contributed by atoms with van der Waals surface area (Å²) in [5, 5.41) is 2.71. The van der Waals surface area contributed by atoms with Crippen LogP contribution < -0.4 is 10.2 Å². The van der Waals surface area contributed by atoms with Crippen molar-refractivity contribution in [1.82, 2.24) is 0 Å². The average Bonchev–Trinajstić information content (AvgIpc) is 3.17. The molecule has 0 aromatic heterocycles. The van der Waals surface area contributed by atoms with Crippen LogP contribution in [0.3, 0.4) is 0 Å². The van der Waals surface area contributed by atoms with Crippen molar-refractivity contribution in [2.24, 2.45) is 5.92 Å². The number of nitrogens with zero attached hydrogens (tertiary/aromatic N) is 1. The first-order chi connectivity index (χ1) is 15.2. The van der Waals surface area contributed by atoms with Gasteiger partial charge >= 0.3 is 11.9 Å². The van der Waals surface area contributed by atoms with Crippen LogP contribution in [0.25, 0.3) is 0 Å². The van der Waals surface area contributed by atoms with Gasteiger partial charge in [-0.1, -0.05) is 15.9 Å². The second-order valence-corrected chi connectivity index (χ2v) is 8.32. The van der Waals surface area contributed by atoms with Crippen LogP contribution in [0.4, 0.5) is 11.4 Å². The summed E-state index contributed by atoms with van der Waals surface area (Å²) in [5.41, 5.74) is 3.49. The summed E-state index contributed by atoms with van der Waals surface area (Å²) in [5.74, 6) is -2.45. The number of esters is 2. The number of rotatable bonds is 6. The molecule has 9 heteroatoms. The van der Waals surface area contributed by atoms with Crippen LogP contribution in [-0.4, -0.2) is 44.0 Å². The molecule has 1 N–H and O–H groups in total. The number of ether oxygens (including phenoxy) is 2. The molecular formula is C23H23BrN2O6. The van der Waals surface area contributed by atoms with E-state index in [9.17, 15) is 19.2 Å². The number of carbonyl (C=O) groups excluding carboxylic acids is 4. The third kappa shape index (κ3) is 5.34. The summed E-state index contributed by atoms with van der Waals surface area (Å²) >= 11 is 3.47. The van der Waals surface area contributed by atoms with Crippen LogP contribution in [0, 0.1) is 19.8 Å². The highest BCUT2D eigenvalue weighted by Crippen LogP contribution is 2.27. The molecule has 2 aromatic carbocycles. The Labute approximate surface area is 194 Å². The highest BCUT2D eigenvalue weighted by Gasteiger charge is 2.36. The summed E-state index contributed by atoms with van der Waals surface area (Å²) in [6, 6.07) is 9.97. The minimum atomic E-state index is -0.673. The quantitative estimate of drug-likeness (QED) is 0.607. The van der Waals surface area contributed by atoms with Crippen molar-refractivity contribution in [3.63, 3.8) is 0 Å². The van der Waals surface area contributed by atoms with Gasteiger partial charge in [-0.3, -0.25) is 14.4 Å². The van der Waals surface area contributed by atoms with Crippen LogP contribution in [-0.2, 0) is 23.9 Å². The topological polar surface area (TPSA) is 102 Å².